The number of methoxy groups -OCH3 is 1. The highest BCUT2D eigenvalue weighted by atomic mass is 31.2. The Morgan fingerprint density at radius 1 is 1.41 bits per heavy atom. The van der Waals surface area contributed by atoms with Gasteiger partial charge in [-0.1, -0.05) is 19.4 Å². The molecule has 2 aromatic rings. The van der Waals surface area contributed by atoms with E-state index in [1.165, 1.54) is 0 Å². The van der Waals surface area contributed by atoms with E-state index in [0.29, 0.717) is 24.0 Å². The van der Waals surface area contributed by atoms with Gasteiger partial charge in [-0.15, -0.1) is 6.58 Å². The maximum Gasteiger partial charge on any atom is 0.472 e. The number of phosphoric ester groups is 1. The molecule has 3 saturated heterocycles. The SMILES string of the molecule is C=CC1CN2CCC1CC2[C@H](OP(=O)(O)OCCCC)c1ccnc2ccc(OC)cc12. The van der Waals surface area contributed by atoms with Crippen molar-refractivity contribution in [3.8, 4) is 5.75 Å². The molecule has 3 aliphatic rings. The first-order valence-corrected chi connectivity index (χ1v) is 12.9. The van der Waals surface area contributed by atoms with Crippen LogP contribution in [0.5, 0.6) is 5.75 Å². The van der Waals surface area contributed by atoms with Gasteiger partial charge in [0.15, 0.2) is 0 Å². The van der Waals surface area contributed by atoms with Gasteiger partial charge in [0.1, 0.15) is 11.9 Å². The summed E-state index contributed by atoms with van der Waals surface area (Å²) in [5.41, 5.74) is 1.62. The van der Waals surface area contributed by atoms with E-state index in [2.05, 4.69) is 16.5 Å². The van der Waals surface area contributed by atoms with Crippen molar-refractivity contribution in [2.45, 2.75) is 44.8 Å². The predicted molar refractivity (Wildman–Crippen MR) is 125 cm³/mol. The third-order valence-corrected chi connectivity index (χ3v) is 7.79. The summed E-state index contributed by atoms with van der Waals surface area (Å²) < 4.78 is 29.6. The summed E-state index contributed by atoms with van der Waals surface area (Å²) in [6.07, 6.45) is 6.70. The molecule has 0 saturated carbocycles. The second-order valence-corrected chi connectivity index (χ2v) is 10.1. The zero-order valence-corrected chi connectivity index (χ0v) is 19.7. The van der Waals surface area contributed by atoms with Crippen molar-refractivity contribution >= 4 is 18.7 Å². The molecule has 0 amide bonds. The van der Waals surface area contributed by atoms with Gasteiger partial charge in [0.25, 0.3) is 0 Å². The first kappa shape index (κ1) is 23.4. The van der Waals surface area contributed by atoms with Crippen molar-refractivity contribution in [2.24, 2.45) is 11.8 Å². The zero-order valence-electron chi connectivity index (χ0n) is 18.9. The Hall–Kier alpha value is -1.76. The predicted octanol–water partition coefficient (Wildman–Crippen LogP) is 5.11. The molecule has 6 atom stereocenters. The average Bonchev–Trinajstić information content (AvgIpc) is 2.82. The van der Waals surface area contributed by atoms with Crippen molar-refractivity contribution in [3.05, 3.63) is 48.7 Å². The van der Waals surface area contributed by atoms with Crippen LogP contribution in [0.15, 0.2) is 43.1 Å². The highest BCUT2D eigenvalue weighted by Gasteiger charge is 2.45. The van der Waals surface area contributed by atoms with Gasteiger partial charge in [0.2, 0.25) is 0 Å². The van der Waals surface area contributed by atoms with Gasteiger partial charge in [0, 0.05) is 24.2 Å². The number of benzene rings is 1. The summed E-state index contributed by atoms with van der Waals surface area (Å²) in [7, 11) is -2.63. The molecule has 7 nitrogen and oxygen atoms in total. The minimum atomic E-state index is -4.25. The molecule has 5 rings (SSSR count). The Kier molecular flexibility index (Phi) is 7.33. The number of pyridine rings is 1. The molecule has 174 valence electrons. The molecule has 5 unspecified atom stereocenters. The molecular formula is C24H33N2O5P. The Morgan fingerprint density at radius 2 is 2.25 bits per heavy atom. The number of nitrogens with zero attached hydrogens (tertiary/aromatic N) is 2. The number of ether oxygens (including phenoxy) is 1. The monoisotopic (exact) mass is 460 g/mol. The van der Waals surface area contributed by atoms with Crippen molar-refractivity contribution in [3.63, 3.8) is 0 Å². The maximum atomic E-state index is 12.9. The standard InChI is InChI=1S/C24H33N2O5P/c1-4-6-13-30-32(27,28)31-24(23-14-18-10-12-26(23)16-17(18)5-2)20-9-11-25-22-8-7-19(29-3)15-21(20)22/h5,7-9,11,15,17-18,23-24H,2,4,6,10,12-14,16H2,1,3H3,(H,27,28)/t17?,18?,23?,24-/m1/s1. The third-order valence-electron chi connectivity index (χ3n) is 6.79. The molecule has 3 fully saturated rings. The van der Waals surface area contributed by atoms with E-state index in [-0.39, 0.29) is 12.6 Å². The molecule has 32 heavy (non-hydrogen) atoms. The number of unbranched alkanes of at least 4 members (excludes halogenated alkanes) is 1. The normalized spacial score (nSPS) is 27.7. The van der Waals surface area contributed by atoms with Gasteiger partial charge in [-0.2, -0.15) is 0 Å². The summed E-state index contributed by atoms with van der Waals surface area (Å²) in [5, 5.41) is 0.855. The summed E-state index contributed by atoms with van der Waals surface area (Å²) in [4.78, 5) is 17.4. The van der Waals surface area contributed by atoms with Crippen LogP contribution in [0.25, 0.3) is 10.9 Å². The first-order chi connectivity index (χ1) is 15.5. The lowest BCUT2D eigenvalue weighted by Crippen LogP contribution is -2.55. The maximum absolute atomic E-state index is 12.9. The molecule has 8 heteroatoms. The molecule has 1 N–H and O–H groups in total. The lowest BCUT2D eigenvalue weighted by Gasteiger charge is -2.51. The largest absolute Gasteiger partial charge is 0.497 e. The molecule has 4 heterocycles. The van der Waals surface area contributed by atoms with E-state index >= 15 is 0 Å². The molecule has 0 radical (unpaired) electrons. The van der Waals surface area contributed by atoms with E-state index in [4.69, 9.17) is 13.8 Å². The van der Waals surface area contributed by atoms with Crippen molar-refractivity contribution in [1.29, 1.82) is 0 Å². The van der Waals surface area contributed by atoms with Crippen LogP contribution in [0.1, 0.15) is 44.3 Å². The van der Waals surface area contributed by atoms with Gasteiger partial charge in [-0.3, -0.25) is 18.9 Å². The molecule has 3 aliphatic heterocycles. The number of aromatic nitrogens is 1. The highest BCUT2D eigenvalue weighted by Crippen LogP contribution is 2.53. The van der Waals surface area contributed by atoms with E-state index < -0.39 is 13.9 Å². The van der Waals surface area contributed by atoms with Crippen LogP contribution < -0.4 is 4.74 Å². The molecule has 0 spiro atoms. The van der Waals surface area contributed by atoms with E-state index in [1.54, 1.807) is 13.3 Å². The molecule has 1 aromatic carbocycles. The van der Waals surface area contributed by atoms with E-state index in [1.807, 2.05) is 37.3 Å². The first-order valence-electron chi connectivity index (χ1n) is 11.4. The number of fused-ring (bicyclic) bond motifs is 4. The van der Waals surface area contributed by atoms with Gasteiger partial charge in [-0.25, -0.2) is 4.57 Å². The summed E-state index contributed by atoms with van der Waals surface area (Å²) in [6, 6.07) is 7.52. The number of hydrogen-bond acceptors (Lipinski definition) is 6. The van der Waals surface area contributed by atoms with Gasteiger partial charge in [-0.05, 0) is 67.5 Å². The van der Waals surface area contributed by atoms with Gasteiger partial charge >= 0.3 is 7.82 Å². The minimum Gasteiger partial charge on any atom is -0.497 e. The Balaban J connectivity index is 1.73. The lowest BCUT2D eigenvalue weighted by atomic mass is 9.73. The topological polar surface area (TPSA) is 81.1 Å². The third kappa shape index (κ3) is 4.92. The molecule has 0 aliphatic carbocycles. The van der Waals surface area contributed by atoms with Crippen LogP contribution in [0.3, 0.4) is 0 Å². The van der Waals surface area contributed by atoms with E-state index in [9.17, 15) is 9.46 Å². The van der Waals surface area contributed by atoms with Crippen LogP contribution in [0, 0.1) is 11.8 Å². The number of rotatable bonds is 10. The van der Waals surface area contributed by atoms with Crippen LogP contribution in [0.4, 0.5) is 0 Å². The van der Waals surface area contributed by atoms with Crippen molar-refractivity contribution < 1.29 is 23.2 Å². The fourth-order valence-corrected chi connectivity index (χ4v) is 6.01. The lowest BCUT2D eigenvalue weighted by molar-refractivity contribution is -0.0455. The van der Waals surface area contributed by atoms with Crippen LogP contribution >= 0.6 is 7.82 Å². The van der Waals surface area contributed by atoms with Crippen molar-refractivity contribution in [2.75, 3.05) is 26.8 Å². The molecular weight excluding hydrogens is 427 g/mol. The van der Waals surface area contributed by atoms with Crippen LogP contribution in [-0.2, 0) is 13.6 Å². The van der Waals surface area contributed by atoms with Crippen LogP contribution in [0.2, 0.25) is 0 Å². The summed E-state index contributed by atoms with van der Waals surface area (Å²) >= 11 is 0. The second-order valence-electron chi connectivity index (χ2n) is 8.71. The van der Waals surface area contributed by atoms with Crippen LogP contribution in [-0.4, -0.2) is 47.6 Å². The smallest absolute Gasteiger partial charge is 0.472 e. The zero-order chi connectivity index (χ0) is 22.7. The fourth-order valence-electron chi connectivity index (χ4n) is 5.05. The number of hydrogen-bond donors (Lipinski definition) is 1. The Morgan fingerprint density at radius 3 is 2.94 bits per heavy atom. The quantitative estimate of drug-likeness (QED) is 0.300. The Bertz CT molecular complexity index is 1000. The van der Waals surface area contributed by atoms with Gasteiger partial charge in [0.05, 0.1) is 19.2 Å². The minimum absolute atomic E-state index is 0.0306. The fraction of sp³-hybridized carbons (Fsp3) is 0.542. The molecule has 1 aromatic heterocycles. The summed E-state index contributed by atoms with van der Waals surface area (Å²) in [5.74, 6) is 1.64. The second kappa shape index (κ2) is 10.0. The number of piperidine rings is 3. The van der Waals surface area contributed by atoms with Crippen molar-refractivity contribution in [1.82, 2.24) is 9.88 Å². The summed E-state index contributed by atoms with van der Waals surface area (Å²) in [6.45, 7) is 8.04. The molecule has 2 bridgehead atoms. The number of phosphoric acid groups is 1. The average molecular weight is 461 g/mol. The van der Waals surface area contributed by atoms with E-state index in [0.717, 1.165) is 48.8 Å². The van der Waals surface area contributed by atoms with Gasteiger partial charge < -0.3 is 9.63 Å². The highest BCUT2D eigenvalue weighted by molar-refractivity contribution is 7.47. The Labute approximate surface area is 190 Å².